The topological polar surface area (TPSA) is 80.4 Å². The molecule has 1 aliphatic rings. The summed E-state index contributed by atoms with van der Waals surface area (Å²) < 4.78 is 5.32. The highest BCUT2D eigenvalue weighted by Crippen LogP contribution is 2.35. The number of halogens is 1. The molecular formula is C18H24ClN3O2. The first-order valence-corrected chi connectivity index (χ1v) is 7.98. The molecule has 0 radical (unpaired) electrons. The molecule has 0 aliphatic carbocycles. The van der Waals surface area contributed by atoms with Gasteiger partial charge in [-0.1, -0.05) is 12.1 Å². The number of aromatic nitrogens is 1. The number of benzene rings is 1. The Morgan fingerprint density at radius 3 is 2.83 bits per heavy atom. The Morgan fingerprint density at radius 1 is 1.38 bits per heavy atom. The van der Waals surface area contributed by atoms with E-state index in [1.54, 1.807) is 19.2 Å². The third kappa shape index (κ3) is 3.80. The molecule has 2 aromatic rings. The lowest BCUT2D eigenvalue weighted by Gasteiger charge is -2.26. The number of phenolic OH excluding ortho intramolecular Hbond substituents is 1. The predicted molar refractivity (Wildman–Crippen MR) is 98.6 cm³/mol. The highest BCUT2D eigenvalue weighted by Gasteiger charge is 2.22. The van der Waals surface area contributed by atoms with Crippen molar-refractivity contribution in [3.8, 4) is 17.0 Å². The fourth-order valence-electron chi connectivity index (χ4n) is 3.22. The van der Waals surface area contributed by atoms with Gasteiger partial charge in [-0.25, -0.2) is 4.98 Å². The molecule has 6 heteroatoms. The van der Waals surface area contributed by atoms with E-state index in [4.69, 9.17) is 10.5 Å². The number of para-hydroxylation sites is 1. The van der Waals surface area contributed by atoms with Crippen molar-refractivity contribution < 1.29 is 9.84 Å². The lowest BCUT2D eigenvalue weighted by molar-refractivity contribution is 0.184. The van der Waals surface area contributed by atoms with Crippen LogP contribution in [0.3, 0.4) is 0 Å². The molecule has 1 atom stereocenters. The summed E-state index contributed by atoms with van der Waals surface area (Å²) in [5.41, 5.74) is 9.75. The number of methoxy groups -OCH3 is 1. The normalized spacial score (nSPS) is 17.3. The minimum atomic E-state index is 0. The van der Waals surface area contributed by atoms with Crippen LogP contribution in [0.2, 0.25) is 0 Å². The molecule has 2 heterocycles. The maximum atomic E-state index is 10.1. The van der Waals surface area contributed by atoms with Gasteiger partial charge in [0.15, 0.2) is 0 Å². The van der Waals surface area contributed by atoms with Gasteiger partial charge in [-0.15, -0.1) is 12.4 Å². The van der Waals surface area contributed by atoms with Crippen LogP contribution in [0.25, 0.3) is 11.3 Å². The van der Waals surface area contributed by atoms with Crippen LogP contribution in [0.1, 0.15) is 29.9 Å². The first-order valence-electron chi connectivity index (χ1n) is 7.98. The minimum Gasteiger partial charge on any atom is -0.507 e. The van der Waals surface area contributed by atoms with Gasteiger partial charge in [0.1, 0.15) is 11.6 Å². The van der Waals surface area contributed by atoms with Gasteiger partial charge in [-0.3, -0.25) is 0 Å². The fourth-order valence-corrected chi connectivity index (χ4v) is 3.22. The van der Waals surface area contributed by atoms with Crippen molar-refractivity contribution in [2.24, 2.45) is 0 Å². The number of nitrogens with zero attached hydrogens (tertiary/aromatic N) is 1. The average molecular weight is 350 g/mol. The number of rotatable bonds is 4. The van der Waals surface area contributed by atoms with Gasteiger partial charge in [-0.2, -0.15) is 0 Å². The quantitative estimate of drug-likeness (QED) is 0.790. The summed E-state index contributed by atoms with van der Waals surface area (Å²) in [6.07, 6.45) is 2.26. The highest BCUT2D eigenvalue weighted by atomic mass is 35.5. The van der Waals surface area contributed by atoms with E-state index in [9.17, 15) is 5.11 Å². The van der Waals surface area contributed by atoms with E-state index in [-0.39, 0.29) is 18.2 Å². The third-order valence-electron chi connectivity index (χ3n) is 4.40. The molecule has 3 rings (SSSR count). The van der Waals surface area contributed by atoms with E-state index in [0.29, 0.717) is 29.6 Å². The molecular weight excluding hydrogens is 326 g/mol. The molecule has 1 aromatic heterocycles. The number of hydrogen-bond donors (Lipinski definition) is 3. The van der Waals surface area contributed by atoms with Crippen molar-refractivity contribution in [3.05, 3.63) is 41.5 Å². The van der Waals surface area contributed by atoms with E-state index in [1.807, 2.05) is 12.1 Å². The van der Waals surface area contributed by atoms with Crippen LogP contribution in [0, 0.1) is 0 Å². The van der Waals surface area contributed by atoms with Gasteiger partial charge < -0.3 is 20.9 Å². The number of phenols is 1. The van der Waals surface area contributed by atoms with Crippen LogP contribution in [-0.2, 0) is 11.3 Å². The summed E-state index contributed by atoms with van der Waals surface area (Å²) >= 11 is 0. The Kier molecular flexibility index (Phi) is 6.43. The second-order valence-corrected chi connectivity index (χ2v) is 5.95. The lowest BCUT2D eigenvalue weighted by Crippen LogP contribution is -2.29. The van der Waals surface area contributed by atoms with Gasteiger partial charge >= 0.3 is 0 Å². The van der Waals surface area contributed by atoms with Crippen molar-refractivity contribution in [1.82, 2.24) is 10.3 Å². The van der Waals surface area contributed by atoms with E-state index in [2.05, 4.69) is 16.4 Å². The minimum absolute atomic E-state index is 0. The number of nitrogens with one attached hydrogen (secondary N) is 1. The first kappa shape index (κ1) is 18.5. The van der Waals surface area contributed by atoms with E-state index < -0.39 is 0 Å². The number of ether oxygens (including phenoxy) is 1. The maximum Gasteiger partial charge on any atom is 0.129 e. The van der Waals surface area contributed by atoms with Crippen molar-refractivity contribution >= 4 is 18.2 Å². The molecule has 1 fully saturated rings. The van der Waals surface area contributed by atoms with E-state index >= 15 is 0 Å². The van der Waals surface area contributed by atoms with Crippen molar-refractivity contribution in [2.75, 3.05) is 25.9 Å². The van der Waals surface area contributed by atoms with Crippen LogP contribution in [0.15, 0.2) is 30.3 Å². The van der Waals surface area contributed by atoms with Crippen LogP contribution >= 0.6 is 12.4 Å². The standard InChI is InChI=1S/C18H23N3O2.ClH/c1-23-11-15-14(12-5-4-8-20-10-12)9-16(21-18(15)19)13-6-2-3-7-17(13)22;/h2-3,6-7,9,12,20,22H,4-5,8,10-11H2,1H3,(H2,19,21);1H. The molecule has 1 saturated heterocycles. The van der Waals surface area contributed by atoms with E-state index in [1.165, 1.54) is 5.56 Å². The SMILES string of the molecule is COCc1c(C2CCCNC2)cc(-c2ccccc2O)nc1N.Cl. The summed E-state index contributed by atoms with van der Waals surface area (Å²) in [6.45, 7) is 2.44. The summed E-state index contributed by atoms with van der Waals surface area (Å²) in [4.78, 5) is 4.50. The summed E-state index contributed by atoms with van der Waals surface area (Å²) in [5.74, 6) is 1.09. The predicted octanol–water partition coefficient (Wildman–Crippen LogP) is 3.07. The van der Waals surface area contributed by atoms with Gasteiger partial charge in [0, 0.05) is 24.8 Å². The average Bonchev–Trinajstić information content (AvgIpc) is 2.58. The number of piperidine rings is 1. The number of aromatic hydroxyl groups is 1. The zero-order chi connectivity index (χ0) is 16.2. The number of pyridine rings is 1. The Hall–Kier alpha value is -1.82. The Morgan fingerprint density at radius 2 is 2.17 bits per heavy atom. The molecule has 0 spiro atoms. The highest BCUT2D eigenvalue weighted by molar-refractivity contribution is 5.85. The van der Waals surface area contributed by atoms with Gasteiger partial charge in [0.2, 0.25) is 0 Å². The molecule has 1 unspecified atom stereocenters. The number of nitrogens with two attached hydrogens (primary N) is 1. The zero-order valence-corrected chi connectivity index (χ0v) is 14.6. The molecule has 24 heavy (non-hydrogen) atoms. The van der Waals surface area contributed by atoms with Gasteiger partial charge in [0.25, 0.3) is 0 Å². The maximum absolute atomic E-state index is 10.1. The summed E-state index contributed by atoms with van der Waals surface area (Å²) in [7, 11) is 1.67. The van der Waals surface area contributed by atoms with Gasteiger partial charge in [0.05, 0.1) is 12.3 Å². The first-order chi connectivity index (χ1) is 11.2. The molecule has 1 aromatic carbocycles. The largest absolute Gasteiger partial charge is 0.507 e. The van der Waals surface area contributed by atoms with Crippen LogP contribution in [-0.4, -0.2) is 30.3 Å². The fraction of sp³-hybridized carbons (Fsp3) is 0.389. The molecule has 0 amide bonds. The van der Waals surface area contributed by atoms with Crippen molar-refractivity contribution in [3.63, 3.8) is 0 Å². The second-order valence-electron chi connectivity index (χ2n) is 5.95. The molecule has 0 bridgehead atoms. The van der Waals surface area contributed by atoms with Gasteiger partial charge in [-0.05, 0) is 49.1 Å². The monoisotopic (exact) mass is 349 g/mol. The number of nitrogen functional groups attached to an aromatic ring is 1. The lowest BCUT2D eigenvalue weighted by atomic mass is 9.88. The Labute approximate surface area is 148 Å². The number of anilines is 1. The van der Waals surface area contributed by atoms with Crippen LogP contribution in [0.4, 0.5) is 5.82 Å². The second kappa shape index (κ2) is 8.33. The van der Waals surface area contributed by atoms with Crippen LogP contribution < -0.4 is 11.1 Å². The number of hydrogen-bond acceptors (Lipinski definition) is 5. The van der Waals surface area contributed by atoms with E-state index in [0.717, 1.165) is 31.5 Å². The van der Waals surface area contributed by atoms with Crippen molar-refractivity contribution in [2.45, 2.75) is 25.4 Å². The van der Waals surface area contributed by atoms with Crippen molar-refractivity contribution in [1.29, 1.82) is 0 Å². The molecule has 1 aliphatic heterocycles. The Bertz CT molecular complexity index is 688. The zero-order valence-electron chi connectivity index (χ0n) is 13.8. The smallest absolute Gasteiger partial charge is 0.129 e. The summed E-state index contributed by atoms with van der Waals surface area (Å²) in [5, 5.41) is 13.6. The molecule has 0 saturated carbocycles. The molecule has 4 N–H and O–H groups in total. The third-order valence-corrected chi connectivity index (χ3v) is 4.40. The van der Waals surface area contributed by atoms with Crippen LogP contribution in [0.5, 0.6) is 5.75 Å². The Balaban J connectivity index is 0.00000208. The molecule has 130 valence electrons. The summed E-state index contributed by atoms with van der Waals surface area (Å²) in [6, 6.07) is 9.26. The molecule has 5 nitrogen and oxygen atoms in total.